The van der Waals surface area contributed by atoms with E-state index in [0.29, 0.717) is 17.9 Å². The molecule has 2 aliphatic rings. The van der Waals surface area contributed by atoms with Crippen LogP contribution in [-0.2, 0) is 4.74 Å². The van der Waals surface area contributed by atoms with Crippen LogP contribution in [-0.4, -0.2) is 31.1 Å². The average molecular weight is 273 g/mol. The van der Waals surface area contributed by atoms with Gasteiger partial charge in [0, 0.05) is 23.6 Å². The van der Waals surface area contributed by atoms with Gasteiger partial charge in [-0.25, -0.2) is 0 Å². The summed E-state index contributed by atoms with van der Waals surface area (Å²) in [5.41, 5.74) is 4.49. The smallest absolute Gasteiger partial charge is 0.166 e. The van der Waals surface area contributed by atoms with Gasteiger partial charge in [-0.2, -0.15) is 0 Å². The van der Waals surface area contributed by atoms with Crippen LogP contribution in [0.2, 0.25) is 0 Å². The molecular weight excluding hydrogens is 250 g/mol. The minimum Gasteiger partial charge on any atom is -0.378 e. The fraction of sp³-hybridized carbons (Fsp3) is 0.588. The van der Waals surface area contributed by atoms with E-state index >= 15 is 0 Å². The van der Waals surface area contributed by atoms with E-state index in [0.717, 1.165) is 37.2 Å². The van der Waals surface area contributed by atoms with E-state index in [2.05, 4.69) is 31.3 Å². The summed E-state index contributed by atoms with van der Waals surface area (Å²) in [5, 5.41) is 3.55. The molecule has 0 aliphatic carbocycles. The Hall–Kier alpha value is -1.19. The summed E-state index contributed by atoms with van der Waals surface area (Å²) >= 11 is 0. The number of hydrogen-bond donors (Lipinski definition) is 1. The molecule has 0 spiro atoms. The van der Waals surface area contributed by atoms with Gasteiger partial charge in [-0.1, -0.05) is 6.07 Å². The Kier molecular flexibility index (Phi) is 3.65. The molecule has 20 heavy (non-hydrogen) atoms. The molecular formula is C17H23NO2. The molecule has 2 atom stereocenters. The van der Waals surface area contributed by atoms with Gasteiger partial charge < -0.3 is 10.1 Å². The van der Waals surface area contributed by atoms with Crippen LogP contribution in [0, 0.1) is 26.7 Å². The SMILES string of the molecule is Cc1cc(C)c(C(=O)C2CC3COCC(C2)N3)cc1C. The van der Waals surface area contributed by atoms with Crippen LogP contribution < -0.4 is 5.32 Å². The Morgan fingerprint density at radius 2 is 1.65 bits per heavy atom. The number of hydrogen-bond acceptors (Lipinski definition) is 3. The van der Waals surface area contributed by atoms with E-state index in [9.17, 15) is 4.79 Å². The molecule has 0 radical (unpaired) electrons. The van der Waals surface area contributed by atoms with Crippen LogP contribution in [0.4, 0.5) is 0 Å². The van der Waals surface area contributed by atoms with Crippen molar-refractivity contribution in [2.45, 2.75) is 45.7 Å². The fourth-order valence-electron chi connectivity index (χ4n) is 3.50. The van der Waals surface area contributed by atoms with Crippen molar-refractivity contribution in [3.63, 3.8) is 0 Å². The zero-order valence-corrected chi connectivity index (χ0v) is 12.5. The predicted octanol–water partition coefficient (Wildman–Crippen LogP) is 2.56. The molecule has 3 rings (SSSR count). The van der Waals surface area contributed by atoms with Gasteiger partial charge in [-0.3, -0.25) is 4.79 Å². The van der Waals surface area contributed by atoms with Crippen molar-refractivity contribution in [2.75, 3.05) is 13.2 Å². The maximum Gasteiger partial charge on any atom is 0.166 e. The van der Waals surface area contributed by atoms with Gasteiger partial charge in [-0.15, -0.1) is 0 Å². The van der Waals surface area contributed by atoms with Crippen LogP contribution in [0.1, 0.15) is 39.9 Å². The minimum absolute atomic E-state index is 0.149. The molecule has 2 heterocycles. The monoisotopic (exact) mass is 273 g/mol. The molecule has 108 valence electrons. The van der Waals surface area contributed by atoms with Crippen molar-refractivity contribution < 1.29 is 9.53 Å². The lowest BCUT2D eigenvalue weighted by Gasteiger charge is -2.39. The average Bonchev–Trinajstić information content (AvgIpc) is 2.41. The third-order valence-corrected chi connectivity index (χ3v) is 4.72. The first kappa shape index (κ1) is 13.8. The number of fused-ring (bicyclic) bond motifs is 2. The van der Waals surface area contributed by atoms with Crippen molar-refractivity contribution in [1.82, 2.24) is 5.32 Å². The summed E-state index contributed by atoms with van der Waals surface area (Å²) in [7, 11) is 0. The molecule has 0 aromatic heterocycles. The Morgan fingerprint density at radius 3 is 2.30 bits per heavy atom. The quantitative estimate of drug-likeness (QED) is 0.842. The Bertz CT molecular complexity index is 526. The summed E-state index contributed by atoms with van der Waals surface area (Å²) in [4.78, 5) is 12.8. The second-order valence-electron chi connectivity index (χ2n) is 6.38. The van der Waals surface area contributed by atoms with Gasteiger partial charge in [0.1, 0.15) is 0 Å². The number of nitrogens with one attached hydrogen (secondary N) is 1. The Balaban J connectivity index is 1.84. The zero-order valence-electron chi connectivity index (χ0n) is 12.5. The van der Waals surface area contributed by atoms with Gasteiger partial charge >= 0.3 is 0 Å². The van der Waals surface area contributed by atoms with Crippen molar-refractivity contribution in [2.24, 2.45) is 5.92 Å². The number of morpholine rings is 1. The second-order valence-corrected chi connectivity index (χ2v) is 6.38. The molecule has 0 amide bonds. The number of Topliss-reactive ketones (excluding diaryl/α,β-unsaturated/α-hetero) is 1. The molecule has 1 N–H and O–H groups in total. The minimum atomic E-state index is 0.149. The lowest BCUT2D eigenvalue weighted by atomic mass is 9.81. The number of carbonyl (C=O) groups is 1. The molecule has 0 saturated carbocycles. The number of carbonyl (C=O) groups excluding carboxylic acids is 1. The summed E-state index contributed by atoms with van der Waals surface area (Å²) in [6.07, 6.45) is 1.81. The molecule has 3 nitrogen and oxygen atoms in total. The summed E-state index contributed by atoms with van der Waals surface area (Å²) in [6, 6.07) is 4.90. The van der Waals surface area contributed by atoms with Crippen LogP contribution >= 0.6 is 0 Å². The highest BCUT2D eigenvalue weighted by Crippen LogP contribution is 2.28. The largest absolute Gasteiger partial charge is 0.378 e. The highest BCUT2D eigenvalue weighted by atomic mass is 16.5. The lowest BCUT2D eigenvalue weighted by molar-refractivity contribution is 0.00951. The standard InChI is InChI=1S/C17H23NO2/c1-10-4-12(3)16(5-11(10)2)17(19)13-6-14-8-20-9-15(7-13)18-14/h4-5,13-15,18H,6-9H2,1-3H3. The molecule has 2 bridgehead atoms. The van der Waals surface area contributed by atoms with Crippen molar-refractivity contribution in [1.29, 1.82) is 0 Å². The molecule has 1 aromatic carbocycles. The van der Waals surface area contributed by atoms with E-state index in [4.69, 9.17) is 4.74 Å². The van der Waals surface area contributed by atoms with Gasteiger partial charge in [0.15, 0.2) is 5.78 Å². The van der Waals surface area contributed by atoms with E-state index in [1.54, 1.807) is 0 Å². The van der Waals surface area contributed by atoms with E-state index in [1.165, 1.54) is 11.1 Å². The Labute approximate surface area is 120 Å². The first-order valence-corrected chi connectivity index (χ1v) is 7.50. The molecule has 2 aliphatic heterocycles. The number of benzene rings is 1. The van der Waals surface area contributed by atoms with Crippen LogP contribution in [0.3, 0.4) is 0 Å². The molecule has 3 heteroatoms. The number of ether oxygens (including phenoxy) is 1. The highest BCUT2D eigenvalue weighted by Gasteiger charge is 2.35. The van der Waals surface area contributed by atoms with Gasteiger partial charge in [0.05, 0.1) is 13.2 Å². The van der Waals surface area contributed by atoms with Crippen LogP contribution in [0.25, 0.3) is 0 Å². The molecule has 2 saturated heterocycles. The van der Waals surface area contributed by atoms with E-state index in [1.807, 2.05) is 6.92 Å². The summed E-state index contributed by atoms with van der Waals surface area (Å²) in [5.74, 6) is 0.472. The van der Waals surface area contributed by atoms with Gasteiger partial charge in [0.25, 0.3) is 0 Å². The number of ketones is 1. The van der Waals surface area contributed by atoms with Crippen molar-refractivity contribution in [3.8, 4) is 0 Å². The third kappa shape index (κ3) is 2.52. The fourth-order valence-corrected chi connectivity index (χ4v) is 3.50. The molecule has 2 unspecified atom stereocenters. The number of rotatable bonds is 2. The Morgan fingerprint density at radius 1 is 1.05 bits per heavy atom. The highest BCUT2D eigenvalue weighted by molar-refractivity contribution is 5.99. The van der Waals surface area contributed by atoms with E-state index < -0.39 is 0 Å². The van der Waals surface area contributed by atoms with Crippen molar-refractivity contribution in [3.05, 3.63) is 34.4 Å². The maximum absolute atomic E-state index is 12.8. The first-order valence-electron chi connectivity index (χ1n) is 7.50. The van der Waals surface area contributed by atoms with Gasteiger partial charge in [-0.05, 0) is 56.4 Å². The van der Waals surface area contributed by atoms with E-state index in [-0.39, 0.29) is 5.92 Å². The summed E-state index contributed by atoms with van der Waals surface area (Å²) in [6.45, 7) is 7.71. The molecule has 2 fully saturated rings. The zero-order chi connectivity index (χ0) is 14.3. The lowest BCUT2D eigenvalue weighted by Crippen LogP contribution is -2.55. The number of aryl methyl sites for hydroxylation is 3. The molecule has 1 aromatic rings. The maximum atomic E-state index is 12.8. The van der Waals surface area contributed by atoms with Crippen LogP contribution in [0.15, 0.2) is 12.1 Å². The first-order chi connectivity index (χ1) is 9.54. The normalized spacial score (nSPS) is 29.2. The summed E-state index contributed by atoms with van der Waals surface area (Å²) < 4.78 is 5.56. The van der Waals surface area contributed by atoms with Crippen molar-refractivity contribution >= 4 is 5.78 Å². The topological polar surface area (TPSA) is 38.3 Å². The van der Waals surface area contributed by atoms with Gasteiger partial charge in [0.2, 0.25) is 0 Å². The third-order valence-electron chi connectivity index (χ3n) is 4.72. The van der Waals surface area contributed by atoms with Crippen LogP contribution in [0.5, 0.6) is 0 Å². The number of piperidine rings is 1. The second kappa shape index (κ2) is 5.30. The predicted molar refractivity (Wildman–Crippen MR) is 79.2 cm³/mol.